The molecule has 0 unspecified atom stereocenters. The fourth-order valence-electron chi connectivity index (χ4n) is 3.92. The molecule has 1 fully saturated rings. The summed E-state index contributed by atoms with van der Waals surface area (Å²) >= 11 is 6.44. The van der Waals surface area contributed by atoms with Crippen LogP contribution in [0, 0.1) is 17.6 Å². The van der Waals surface area contributed by atoms with E-state index in [9.17, 15) is 13.6 Å². The van der Waals surface area contributed by atoms with Crippen molar-refractivity contribution in [2.45, 2.75) is 19.3 Å². The van der Waals surface area contributed by atoms with Crippen LogP contribution >= 0.6 is 11.6 Å². The minimum absolute atomic E-state index is 0.278. The van der Waals surface area contributed by atoms with Crippen molar-refractivity contribution in [3.63, 3.8) is 0 Å². The summed E-state index contributed by atoms with van der Waals surface area (Å²) in [6.07, 6.45) is 6.10. The van der Waals surface area contributed by atoms with Crippen LogP contribution in [-0.4, -0.2) is 42.7 Å². The standard InChI is InChI=1S/C22H23ClF2N4O2/c1-31-7-4-13-2-5-29(6-3-13)21-16(23)8-14(11-27-21)22(30)28-20-12-26-19-10-18(25)17(24)9-15(19)20/h8-13,26H,2-7H2,1H3,(H,28,30). The predicted molar refractivity (Wildman–Crippen MR) is 117 cm³/mol. The van der Waals surface area contributed by atoms with E-state index in [2.05, 4.69) is 20.2 Å². The van der Waals surface area contributed by atoms with E-state index in [0.717, 1.165) is 51.1 Å². The van der Waals surface area contributed by atoms with Gasteiger partial charge in [0.1, 0.15) is 5.82 Å². The lowest BCUT2D eigenvalue weighted by molar-refractivity contribution is 0.102. The number of pyridine rings is 1. The van der Waals surface area contributed by atoms with E-state index in [0.29, 0.717) is 33.3 Å². The van der Waals surface area contributed by atoms with Gasteiger partial charge in [0.15, 0.2) is 11.6 Å². The molecule has 1 aliphatic heterocycles. The molecule has 1 aliphatic rings. The minimum Gasteiger partial charge on any atom is -0.385 e. The van der Waals surface area contributed by atoms with Gasteiger partial charge in [-0.3, -0.25) is 4.79 Å². The van der Waals surface area contributed by atoms with Crippen LogP contribution in [-0.2, 0) is 4.74 Å². The normalized spacial score (nSPS) is 14.9. The van der Waals surface area contributed by atoms with Gasteiger partial charge < -0.3 is 19.9 Å². The Hall–Kier alpha value is -2.71. The molecule has 4 rings (SSSR count). The van der Waals surface area contributed by atoms with Gasteiger partial charge in [-0.05, 0) is 37.3 Å². The molecule has 164 valence electrons. The van der Waals surface area contributed by atoms with Gasteiger partial charge in [0.2, 0.25) is 0 Å². The van der Waals surface area contributed by atoms with Gasteiger partial charge in [-0.2, -0.15) is 0 Å². The van der Waals surface area contributed by atoms with Crippen LogP contribution in [0.15, 0.2) is 30.6 Å². The first kappa shape index (κ1) is 21.5. The van der Waals surface area contributed by atoms with Crippen molar-refractivity contribution in [1.82, 2.24) is 9.97 Å². The molecule has 0 spiro atoms. The van der Waals surface area contributed by atoms with Crippen LogP contribution in [0.2, 0.25) is 5.02 Å². The summed E-state index contributed by atoms with van der Waals surface area (Å²) in [4.78, 5) is 22.0. The van der Waals surface area contributed by atoms with Crippen molar-refractivity contribution in [3.8, 4) is 0 Å². The second-order valence-corrected chi connectivity index (χ2v) is 8.12. The van der Waals surface area contributed by atoms with Crippen LogP contribution < -0.4 is 10.2 Å². The van der Waals surface area contributed by atoms with E-state index in [1.54, 1.807) is 13.2 Å². The Morgan fingerprint density at radius 2 is 2.03 bits per heavy atom. The predicted octanol–water partition coefficient (Wildman–Crippen LogP) is 5.00. The number of amides is 1. The van der Waals surface area contributed by atoms with E-state index in [1.165, 1.54) is 12.4 Å². The highest BCUT2D eigenvalue weighted by Crippen LogP contribution is 2.30. The third kappa shape index (κ3) is 4.65. The second-order valence-electron chi connectivity index (χ2n) is 7.71. The van der Waals surface area contributed by atoms with Crippen LogP contribution in [0.4, 0.5) is 20.3 Å². The molecule has 3 aromatic rings. The van der Waals surface area contributed by atoms with Crippen LogP contribution in [0.1, 0.15) is 29.6 Å². The highest BCUT2D eigenvalue weighted by atomic mass is 35.5. The topological polar surface area (TPSA) is 70.2 Å². The maximum absolute atomic E-state index is 13.6. The van der Waals surface area contributed by atoms with E-state index in [4.69, 9.17) is 16.3 Å². The van der Waals surface area contributed by atoms with Gasteiger partial charge in [0, 0.05) is 50.7 Å². The number of nitrogens with zero attached hydrogens (tertiary/aromatic N) is 2. The number of anilines is 2. The number of piperidine rings is 1. The van der Waals surface area contributed by atoms with Crippen LogP contribution in [0.5, 0.6) is 0 Å². The summed E-state index contributed by atoms with van der Waals surface area (Å²) in [5.41, 5.74) is 1.01. The number of rotatable bonds is 6. The van der Waals surface area contributed by atoms with Crippen molar-refractivity contribution in [1.29, 1.82) is 0 Å². The smallest absolute Gasteiger partial charge is 0.257 e. The van der Waals surface area contributed by atoms with Crippen molar-refractivity contribution in [3.05, 3.63) is 52.8 Å². The van der Waals surface area contributed by atoms with Gasteiger partial charge in [-0.1, -0.05) is 11.6 Å². The lowest BCUT2D eigenvalue weighted by atomic mass is 9.94. The monoisotopic (exact) mass is 448 g/mol. The molecule has 2 N–H and O–H groups in total. The molecule has 1 amide bonds. The number of fused-ring (bicyclic) bond motifs is 1. The van der Waals surface area contributed by atoms with E-state index in [-0.39, 0.29) is 5.56 Å². The number of nitrogens with one attached hydrogen (secondary N) is 2. The largest absolute Gasteiger partial charge is 0.385 e. The van der Waals surface area contributed by atoms with E-state index < -0.39 is 17.5 Å². The third-order valence-corrected chi connectivity index (χ3v) is 5.98. The number of hydrogen-bond acceptors (Lipinski definition) is 4. The van der Waals surface area contributed by atoms with Gasteiger partial charge in [-0.25, -0.2) is 13.8 Å². The maximum Gasteiger partial charge on any atom is 0.257 e. The van der Waals surface area contributed by atoms with Crippen molar-refractivity contribution in [2.75, 3.05) is 37.0 Å². The lowest BCUT2D eigenvalue weighted by Gasteiger charge is -2.33. The SMILES string of the molecule is COCCC1CCN(c2ncc(C(=O)Nc3c[nH]c4cc(F)c(F)cc34)cc2Cl)CC1. The number of ether oxygens (including phenoxy) is 1. The number of hydrogen-bond donors (Lipinski definition) is 2. The Labute approximate surface area is 183 Å². The first-order valence-electron chi connectivity index (χ1n) is 10.1. The maximum atomic E-state index is 13.6. The summed E-state index contributed by atoms with van der Waals surface area (Å²) in [7, 11) is 1.72. The number of aromatic amines is 1. The number of benzene rings is 1. The molecule has 3 heterocycles. The summed E-state index contributed by atoms with van der Waals surface area (Å²) in [5, 5.41) is 3.47. The molecule has 6 nitrogen and oxygen atoms in total. The molecule has 31 heavy (non-hydrogen) atoms. The Morgan fingerprint density at radius 1 is 1.29 bits per heavy atom. The molecular formula is C22H23ClF2N4O2. The average Bonchev–Trinajstić information content (AvgIpc) is 3.14. The first-order valence-corrected chi connectivity index (χ1v) is 10.5. The molecular weight excluding hydrogens is 426 g/mol. The zero-order valence-electron chi connectivity index (χ0n) is 17.1. The highest BCUT2D eigenvalue weighted by molar-refractivity contribution is 6.33. The molecule has 0 atom stereocenters. The highest BCUT2D eigenvalue weighted by Gasteiger charge is 2.22. The number of carbonyl (C=O) groups excluding carboxylic acids is 1. The molecule has 0 aliphatic carbocycles. The molecule has 1 saturated heterocycles. The number of carbonyl (C=O) groups is 1. The second kappa shape index (κ2) is 9.20. The average molecular weight is 449 g/mol. The summed E-state index contributed by atoms with van der Waals surface area (Å²) in [5.74, 6) is -1.09. The van der Waals surface area contributed by atoms with Crippen molar-refractivity contribution < 1.29 is 18.3 Å². The fourth-order valence-corrected chi connectivity index (χ4v) is 4.21. The Balaban J connectivity index is 1.45. The number of aromatic nitrogens is 2. The summed E-state index contributed by atoms with van der Waals surface area (Å²) in [6.45, 7) is 2.47. The zero-order valence-corrected chi connectivity index (χ0v) is 17.8. The third-order valence-electron chi connectivity index (χ3n) is 5.70. The Bertz CT molecular complexity index is 1100. The van der Waals surface area contributed by atoms with Crippen molar-refractivity contribution in [2.24, 2.45) is 5.92 Å². The summed E-state index contributed by atoms with van der Waals surface area (Å²) in [6, 6.07) is 3.67. The molecule has 0 radical (unpaired) electrons. The van der Waals surface area contributed by atoms with Gasteiger partial charge in [0.05, 0.1) is 21.8 Å². The van der Waals surface area contributed by atoms with Gasteiger partial charge >= 0.3 is 0 Å². The number of halogens is 3. The first-order chi connectivity index (χ1) is 15.0. The molecule has 0 saturated carbocycles. The van der Waals surface area contributed by atoms with Crippen molar-refractivity contribution >= 4 is 39.9 Å². The van der Waals surface area contributed by atoms with Gasteiger partial charge in [0.25, 0.3) is 5.91 Å². The Kier molecular flexibility index (Phi) is 6.38. The van der Waals surface area contributed by atoms with Crippen LogP contribution in [0.3, 0.4) is 0 Å². The quantitative estimate of drug-likeness (QED) is 0.556. The van der Waals surface area contributed by atoms with Crippen LogP contribution in [0.25, 0.3) is 10.9 Å². The molecule has 2 aromatic heterocycles. The minimum atomic E-state index is -0.984. The molecule has 0 bridgehead atoms. The summed E-state index contributed by atoms with van der Waals surface area (Å²) < 4.78 is 32.1. The Morgan fingerprint density at radius 3 is 2.74 bits per heavy atom. The van der Waals surface area contributed by atoms with Gasteiger partial charge in [-0.15, -0.1) is 0 Å². The molecule has 9 heteroatoms. The van der Waals surface area contributed by atoms with E-state index >= 15 is 0 Å². The lowest BCUT2D eigenvalue weighted by Crippen LogP contribution is -2.34. The molecule has 1 aromatic carbocycles. The fraction of sp³-hybridized carbons (Fsp3) is 0.364. The zero-order chi connectivity index (χ0) is 22.0. The van der Waals surface area contributed by atoms with E-state index in [1.807, 2.05) is 0 Å². The number of H-pyrrole nitrogens is 1. The number of methoxy groups -OCH3 is 1.